The summed E-state index contributed by atoms with van der Waals surface area (Å²) in [7, 11) is 0.804. The van der Waals surface area contributed by atoms with Crippen LogP contribution in [-0.2, 0) is 10.8 Å². The van der Waals surface area contributed by atoms with Crippen LogP contribution in [0.25, 0.3) is 0 Å². The first kappa shape index (κ1) is 17.4. The Hall–Kier alpha value is -1.62. The number of allylic oxidation sites excluding steroid dienone is 1. The summed E-state index contributed by atoms with van der Waals surface area (Å²) in [5.74, 6) is 0. The van der Waals surface area contributed by atoms with Gasteiger partial charge in [-0.25, -0.2) is 4.79 Å². The molecule has 0 aromatic heterocycles. The van der Waals surface area contributed by atoms with Gasteiger partial charge in [0.25, 0.3) is 0 Å². The first-order valence-electron chi connectivity index (χ1n) is 7.02. The van der Waals surface area contributed by atoms with Crippen molar-refractivity contribution in [3.63, 3.8) is 0 Å². The molecule has 0 heterocycles. The van der Waals surface area contributed by atoms with Gasteiger partial charge in [-0.05, 0) is 38.0 Å². The molecule has 5 heteroatoms. The molecule has 0 aliphatic heterocycles. The average molecular weight is 308 g/mol. The number of urea groups is 1. The van der Waals surface area contributed by atoms with Gasteiger partial charge in [0.05, 0.1) is 6.04 Å². The van der Waals surface area contributed by atoms with Crippen molar-refractivity contribution in [2.24, 2.45) is 0 Å². The van der Waals surface area contributed by atoms with Gasteiger partial charge in [-0.15, -0.1) is 0 Å². The van der Waals surface area contributed by atoms with E-state index in [1.165, 1.54) is 0 Å². The molecular formula is C16H24N2O2S. The topological polar surface area (TPSA) is 49.4 Å². The highest BCUT2D eigenvalue weighted by molar-refractivity contribution is 7.84. The zero-order chi connectivity index (χ0) is 15.8. The first-order chi connectivity index (χ1) is 9.97. The number of benzene rings is 1. The number of nitrogens with one attached hydrogen (secondary N) is 1. The standard InChI is InChI=1S/C16H24N2O2S/c1-5-6-7-12-17-16(19)18(3)13(2)14-8-10-15(11-9-14)21(4)20/h5-6,8-11,13H,7,12H2,1-4H3,(H,17,19)/b6-5+/t13-,21+/m1/s1. The van der Waals surface area contributed by atoms with Gasteiger partial charge in [0.2, 0.25) is 0 Å². The van der Waals surface area contributed by atoms with Crippen molar-refractivity contribution >= 4 is 16.8 Å². The predicted octanol–water partition coefficient (Wildman–Crippen LogP) is 3.09. The summed E-state index contributed by atoms with van der Waals surface area (Å²) in [5.41, 5.74) is 1.02. The van der Waals surface area contributed by atoms with Gasteiger partial charge < -0.3 is 10.2 Å². The fourth-order valence-electron chi connectivity index (χ4n) is 1.89. The zero-order valence-corrected chi connectivity index (χ0v) is 13.9. The number of hydrogen-bond acceptors (Lipinski definition) is 2. The smallest absolute Gasteiger partial charge is 0.317 e. The number of carbonyl (C=O) groups excluding carboxylic acids is 1. The minimum absolute atomic E-state index is 0.0361. The second-order valence-corrected chi connectivity index (χ2v) is 6.28. The molecule has 0 fully saturated rings. The van der Waals surface area contributed by atoms with E-state index >= 15 is 0 Å². The van der Waals surface area contributed by atoms with Crippen LogP contribution in [0, 0.1) is 0 Å². The summed E-state index contributed by atoms with van der Waals surface area (Å²) in [6.45, 7) is 4.57. The number of rotatable bonds is 6. The van der Waals surface area contributed by atoms with Crippen molar-refractivity contribution in [2.75, 3.05) is 19.8 Å². The highest BCUT2D eigenvalue weighted by Crippen LogP contribution is 2.20. The van der Waals surface area contributed by atoms with Crippen molar-refractivity contribution in [1.82, 2.24) is 10.2 Å². The van der Waals surface area contributed by atoms with E-state index in [2.05, 4.69) is 5.32 Å². The van der Waals surface area contributed by atoms with E-state index in [4.69, 9.17) is 0 Å². The van der Waals surface area contributed by atoms with E-state index in [0.717, 1.165) is 16.9 Å². The van der Waals surface area contributed by atoms with Crippen LogP contribution < -0.4 is 5.32 Å². The van der Waals surface area contributed by atoms with Crippen LogP contribution in [0.2, 0.25) is 0 Å². The van der Waals surface area contributed by atoms with Gasteiger partial charge in [-0.3, -0.25) is 4.21 Å². The second kappa shape index (κ2) is 8.62. The van der Waals surface area contributed by atoms with E-state index in [0.29, 0.717) is 6.54 Å². The molecule has 0 saturated carbocycles. The fraction of sp³-hybridized carbons (Fsp3) is 0.438. The van der Waals surface area contributed by atoms with E-state index < -0.39 is 10.8 Å². The van der Waals surface area contributed by atoms with Crippen molar-refractivity contribution in [3.05, 3.63) is 42.0 Å². The molecule has 1 rings (SSSR count). The minimum Gasteiger partial charge on any atom is -0.338 e. The van der Waals surface area contributed by atoms with Crippen LogP contribution in [0.15, 0.2) is 41.3 Å². The maximum absolute atomic E-state index is 12.0. The molecule has 2 atom stereocenters. The van der Waals surface area contributed by atoms with E-state index in [1.807, 2.05) is 50.3 Å². The molecule has 1 aromatic carbocycles. The van der Waals surface area contributed by atoms with Crippen LogP contribution in [0.1, 0.15) is 31.9 Å². The van der Waals surface area contributed by atoms with E-state index in [9.17, 15) is 9.00 Å². The number of nitrogens with zero attached hydrogens (tertiary/aromatic N) is 1. The number of carbonyl (C=O) groups is 1. The third-order valence-electron chi connectivity index (χ3n) is 3.42. The Morgan fingerprint density at radius 1 is 1.38 bits per heavy atom. The summed E-state index contributed by atoms with van der Waals surface area (Å²) in [6.07, 6.45) is 6.48. The molecule has 0 bridgehead atoms. The monoisotopic (exact) mass is 308 g/mol. The molecular weight excluding hydrogens is 284 g/mol. The lowest BCUT2D eigenvalue weighted by Crippen LogP contribution is -2.39. The van der Waals surface area contributed by atoms with Crippen molar-refractivity contribution in [1.29, 1.82) is 0 Å². The lowest BCUT2D eigenvalue weighted by atomic mass is 10.1. The molecule has 116 valence electrons. The SMILES string of the molecule is C/C=C/CCNC(=O)N(C)[C@H](C)c1ccc([S@](C)=O)cc1. The summed E-state index contributed by atoms with van der Waals surface area (Å²) in [6, 6.07) is 7.41. The molecule has 0 aliphatic rings. The maximum atomic E-state index is 12.0. The average Bonchev–Trinajstić information content (AvgIpc) is 2.50. The number of hydrogen-bond donors (Lipinski definition) is 1. The van der Waals surface area contributed by atoms with Crippen LogP contribution in [0.4, 0.5) is 4.79 Å². The largest absolute Gasteiger partial charge is 0.338 e. The predicted molar refractivity (Wildman–Crippen MR) is 87.8 cm³/mol. The minimum atomic E-state index is -0.976. The molecule has 0 radical (unpaired) electrons. The lowest BCUT2D eigenvalue weighted by molar-refractivity contribution is 0.194. The van der Waals surface area contributed by atoms with E-state index in [1.54, 1.807) is 18.2 Å². The summed E-state index contributed by atoms with van der Waals surface area (Å²) in [4.78, 5) is 14.5. The van der Waals surface area contributed by atoms with Crippen molar-refractivity contribution in [2.45, 2.75) is 31.2 Å². The van der Waals surface area contributed by atoms with Crippen LogP contribution in [0.5, 0.6) is 0 Å². The zero-order valence-electron chi connectivity index (χ0n) is 13.1. The third kappa shape index (κ3) is 5.34. The summed E-state index contributed by atoms with van der Waals surface area (Å²) >= 11 is 0. The molecule has 0 aliphatic carbocycles. The summed E-state index contributed by atoms with van der Waals surface area (Å²) < 4.78 is 11.4. The molecule has 21 heavy (non-hydrogen) atoms. The normalized spacial score (nSPS) is 13.9. The molecule has 1 N–H and O–H groups in total. The number of amides is 2. The lowest BCUT2D eigenvalue weighted by Gasteiger charge is -2.25. The van der Waals surface area contributed by atoms with Gasteiger partial charge in [0.15, 0.2) is 0 Å². The first-order valence-corrected chi connectivity index (χ1v) is 8.58. The molecule has 0 saturated heterocycles. The molecule has 0 unspecified atom stereocenters. The Kier molecular flexibility index (Phi) is 7.15. The highest BCUT2D eigenvalue weighted by atomic mass is 32.2. The fourth-order valence-corrected chi connectivity index (χ4v) is 2.41. The Morgan fingerprint density at radius 2 is 2.00 bits per heavy atom. The molecule has 0 spiro atoms. The molecule has 4 nitrogen and oxygen atoms in total. The second-order valence-electron chi connectivity index (χ2n) is 4.90. The molecule has 2 amide bonds. The van der Waals surface area contributed by atoms with Crippen molar-refractivity contribution in [3.8, 4) is 0 Å². The third-order valence-corrected chi connectivity index (χ3v) is 4.35. The highest BCUT2D eigenvalue weighted by Gasteiger charge is 2.16. The maximum Gasteiger partial charge on any atom is 0.317 e. The van der Waals surface area contributed by atoms with Crippen LogP contribution in [-0.4, -0.2) is 35.0 Å². The Labute approximate surface area is 129 Å². The van der Waals surface area contributed by atoms with Gasteiger partial charge in [0.1, 0.15) is 0 Å². The molecule has 1 aromatic rings. The van der Waals surface area contributed by atoms with Crippen LogP contribution >= 0.6 is 0 Å². The Bertz CT molecular complexity index is 512. The summed E-state index contributed by atoms with van der Waals surface area (Å²) in [5, 5.41) is 2.88. The van der Waals surface area contributed by atoms with Gasteiger partial charge in [-0.2, -0.15) is 0 Å². The van der Waals surface area contributed by atoms with Gasteiger partial charge >= 0.3 is 6.03 Å². The van der Waals surface area contributed by atoms with Gasteiger partial charge in [0, 0.05) is 35.5 Å². The van der Waals surface area contributed by atoms with Crippen molar-refractivity contribution < 1.29 is 9.00 Å². The quantitative estimate of drug-likeness (QED) is 0.648. The Morgan fingerprint density at radius 3 is 2.52 bits per heavy atom. The van der Waals surface area contributed by atoms with Crippen LogP contribution in [0.3, 0.4) is 0 Å². The van der Waals surface area contributed by atoms with E-state index in [-0.39, 0.29) is 12.1 Å². The van der Waals surface area contributed by atoms with Gasteiger partial charge in [-0.1, -0.05) is 24.3 Å². The Balaban J connectivity index is 2.62.